The Hall–Kier alpha value is -0.390. The Morgan fingerprint density at radius 2 is 1.79 bits per heavy atom. The standard InChI is InChI=1S/C8H11F5O/c1-5-2-3-7(9,10)6(14,4-5)8(11,12)13/h5,14H,2-4H2,1H3. The summed E-state index contributed by atoms with van der Waals surface area (Å²) in [5.74, 6) is -4.61. The fourth-order valence-electron chi connectivity index (χ4n) is 1.71. The first-order valence-electron chi connectivity index (χ1n) is 4.27. The van der Waals surface area contributed by atoms with E-state index in [4.69, 9.17) is 5.11 Å². The summed E-state index contributed by atoms with van der Waals surface area (Å²) in [4.78, 5) is 0. The average Bonchev–Trinajstić information content (AvgIpc) is 1.96. The second-order valence-electron chi connectivity index (χ2n) is 3.91. The molecule has 1 fully saturated rings. The van der Waals surface area contributed by atoms with Gasteiger partial charge in [-0.25, -0.2) is 8.78 Å². The zero-order chi connectivity index (χ0) is 11.2. The smallest absolute Gasteiger partial charge is 0.376 e. The van der Waals surface area contributed by atoms with Crippen LogP contribution in [0.3, 0.4) is 0 Å². The third kappa shape index (κ3) is 1.60. The van der Waals surface area contributed by atoms with E-state index < -0.39 is 36.5 Å². The van der Waals surface area contributed by atoms with Crippen LogP contribution in [0.25, 0.3) is 0 Å². The van der Waals surface area contributed by atoms with Crippen molar-refractivity contribution in [2.24, 2.45) is 5.92 Å². The predicted octanol–water partition coefficient (Wildman–Crippen LogP) is 2.74. The van der Waals surface area contributed by atoms with Gasteiger partial charge in [0.25, 0.3) is 5.92 Å². The van der Waals surface area contributed by atoms with Gasteiger partial charge in [0.2, 0.25) is 5.60 Å². The fraction of sp³-hybridized carbons (Fsp3) is 1.00. The number of hydrogen-bond acceptors (Lipinski definition) is 1. The molecule has 1 nitrogen and oxygen atoms in total. The lowest BCUT2D eigenvalue weighted by atomic mass is 9.75. The third-order valence-electron chi connectivity index (χ3n) is 2.67. The molecule has 6 heteroatoms. The molecule has 14 heavy (non-hydrogen) atoms. The highest BCUT2D eigenvalue weighted by atomic mass is 19.4. The quantitative estimate of drug-likeness (QED) is 0.620. The summed E-state index contributed by atoms with van der Waals surface area (Å²) in [7, 11) is 0. The number of alkyl halides is 5. The van der Waals surface area contributed by atoms with Crippen LogP contribution in [0.4, 0.5) is 22.0 Å². The van der Waals surface area contributed by atoms with E-state index >= 15 is 0 Å². The molecule has 0 aromatic carbocycles. The minimum atomic E-state index is -5.27. The van der Waals surface area contributed by atoms with E-state index in [0.29, 0.717) is 0 Å². The van der Waals surface area contributed by atoms with Crippen molar-refractivity contribution in [1.29, 1.82) is 0 Å². The van der Waals surface area contributed by atoms with Crippen LogP contribution in [0.15, 0.2) is 0 Å². The van der Waals surface area contributed by atoms with E-state index in [2.05, 4.69) is 0 Å². The molecule has 2 atom stereocenters. The molecule has 1 aliphatic carbocycles. The molecule has 1 saturated carbocycles. The molecule has 0 aromatic rings. The molecule has 0 spiro atoms. The Balaban J connectivity index is 3.02. The summed E-state index contributed by atoms with van der Waals surface area (Å²) < 4.78 is 62.7. The Morgan fingerprint density at radius 1 is 1.29 bits per heavy atom. The van der Waals surface area contributed by atoms with Crippen LogP contribution in [0.5, 0.6) is 0 Å². The maximum absolute atomic E-state index is 13.0. The van der Waals surface area contributed by atoms with Gasteiger partial charge < -0.3 is 5.11 Å². The number of hydrogen-bond donors (Lipinski definition) is 1. The van der Waals surface area contributed by atoms with Crippen LogP contribution in [0, 0.1) is 5.92 Å². The van der Waals surface area contributed by atoms with Crippen LogP contribution in [0.2, 0.25) is 0 Å². The van der Waals surface area contributed by atoms with Gasteiger partial charge in [0.15, 0.2) is 0 Å². The number of rotatable bonds is 0. The molecule has 0 saturated heterocycles. The largest absolute Gasteiger partial charge is 0.423 e. The van der Waals surface area contributed by atoms with Gasteiger partial charge in [-0.2, -0.15) is 13.2 Å². The highest BCUT2D eigenvalue weighted by Crippen LogP contribution is 2.51. The van der Waals surface area contributed by atoms with E-state index in [1.807, 2.05) is 0 Å². The predicted molar refractivity (Wildman–Crippen MR) is 39.0 cm³/mol. The van der Waals surface area contributed by atoms with Crippen LogP contribution in [0.1, 0.15) is 26.2 Å². The Bertz CT molecular complexity index is 224. The van der Waals surface area contributed by atoms with Gasteiger partial charge in [0.05, 0.1) is 0 Å². The van der Waals surface area contributed by atoms with Gasteiger partial charge in [0, 0.05) is 6.42 Å². The Labute approximate surface area is 77.9 Å². The molecular formula is C8H11F5O. The molecule has 0 heterocycles. The molecule has 84 valence electrons. The molecule has 2 unspecified atom stereocenters. The van der Waals surface area contributed by atoms with Crippen LogP contribution >= 0.6 is 0 Å². The molecule has 1 rings (SSSR count). The van der Waals surface area contributed by atoms with Crippen LogP contribution < -0.4 is 0 Å². The van der Waals surface area contributed by atoms with Gasteiger partial charge in [-0.05, 0) is 18.8 Å². The molecular weight excluding hydrogens is 207 g/mol. The highest BCUT2D eigenvalue weighted by molar-refractivity contribution is 5.02. The van der Waals surface area contributed by atoms with Crippen molar-refractivity contribution in [3.63, 3.8) is 0 Å². The SMILES string of the molecule is CC1CCC(F)(F)C(O)(C(F)(F)F)C1. The van der Waals surface area contributed by atoms with E-state index in [-0.39, 0.29) is 6.42 Å². The van der Waals surface area contributed by atoms with Gasteiger partial charge in [0.1, 0.15) is 0 Å². The minimum absolute atomic E-state index is 0.00535. The maximum Gasteiger partial charge on any atom is 0.423 e. The van der Waals surface area contributed by atoms with Crippen molar-refractivity contribution < 1.29 is 27.1 Å². The molecule has 0 aliphatic heterocycles. The lowest BCUT2D eigenvalue weighted by Crippen LogP contribution is -2.61. The molecule has 1 N–H and O–H groups in total. The molecule has 0 radical (unpaired) electrons. The average molecular weight is 218 g/mol. The summed E-state index contributed by atoms with van der Waals surface area (Å²) in [5, 5.41) is 9.03. The molecule has 0 amide bonds. The first-order chi connectivity index (χ1) is 6.10. The second-order valence-corrected chi connectivity index (χ2v) is 3.91. The third-order valence-corrected chi connectivity index (χ3v) is 2.67. The summed E-state index contributed by atoms with van der Waals surface area (Å²) in [5.41, 5.74) is -3.85. The Morgan fingerprint density at radius 3 is 2.14 bits per heavy atom. The van der Waals surface area contributed by atoms with Gasteiger partial charge in [-0.1, -0.05) is 6.92 Å². The van der Waals surface area contributed by atoms with Gasteiger partial charge in [-0.15, -0.1) is 0 Å². The Kier molecular flexibility index (Phi) is 2.54. The van der Waals surface area contributed by atoms with E-state index in [0.717, 1.165) is 0 Å². The van der Waals surface area contributed by atoms with Crippen molar-refractivity contribution in [2.45, 2.75) is 43.9 Å². The van der Waals surface area contributed by atoms with Gasteiger partial charge in [-0.3, -0.25) is 0 Å². The lowest BCUT2D eigenvalue weighted by Gasteiger charge is -2.42. The summed E-state index contributed by atoms with van der Waals surface area (Å²) in [6.07, 6.45) is -7.11. The number of halogens is 5. The van der Waals surface area contributed by atoms with Crippen molar-refractivity contribution in [2.75, 3.05) is 0 Å². The highest BCUT2D eigenvalue weighted by Gasteiger charge is 2.69. The van der Waals surface area contributed by atoms with Crippen LogP contribution in [-0.4, -0.2) is 22.8 Å². The van der Waals surface area contributed by atoms with Crippen molar-refractivity contribution in [1.82, 2.24) is 0 Å². The molecule has 0 bridgehead atoms. The van der Waals surface area contributed by atoms with Crippen LogP contribution in [-0.2, 0) is 0 Å². The van der Waals surface area contributed by atoms with Crippen molar-refractivity contribution in [3.05, 3.63) is 0 Å². The zero-order valence-corrected chi connectivity index (χ0v) is 7.54. The molecule has 0 aromatic heterocycles. The van der Waals surface area contributed by atoms with E-state index in [9.17, 15) is 22.0 Å². The normalized spacial score (nSPS) is 38.4. The monoisotopic (exact) mass is 218 g/mol. The van der Waals surface area contributed by atoms with E-state index in [1.165, 1.54) is 6.92 Å². The summed E-state index contributed by atoms with van der Waals surface area (Å²) in [6, 6.07) is 0. The number of aliphatic hydroxyl groups is 1. The van der Waals surface area contributed by atoms with Gasteiger partial charge >= 0.3 is 6.18 Å². The summed E-state index contributed by atoms with van der Waals surface area (Å²) >= 11 is 0. The minimum Gasteiger partial charge on any atom is -0.376 e. The fourth-order valence-corrected chi connectivity index (χ4v) is 1.71. The lowest BCUT2D eigenvalue weighted by molar-refractivity contribution is -0.346. The topological polar surface area (TPSA) is 20.2 Å². The van der Waals surface area contributed by atoms with E-state index in [1.54, 1.807) is 0 Å². The first kappa shape index (κ1) is 11.7. The maximum atomic E-state index is 13.0. The van der Waals surface area contributed by atoms with Crippen molar-refractivity contribution >= 4 is 0 Å². The molecule has 1 aliphatic rings. The zero-order valence-electron chi connectivity index (χ0n) is 7.54. The van der Waals surface area contributed by atoms with Crippen molar-refractivity contribution in [3.8, 4) is 0 Å². The second kappa shape index (κ2) is 3.05. The summed E-state index contributed by atoms with van der Waals surface area (Å²) in [6.45, 7) is 1.42. The first-order valence-corrected chi connectivity index (χ1v) is 4.27.